The van der Waals surface area contributed by atoms with Gasteiger partial charge in [0.25, 0.3) is 0 Å². The van der Waals surface area contributed by atoms with Gasteiger partial charge < -0.3 is 4.57 Å². The summed E-state index contributed by atoms with van der Waals surface area (Å²) in [4.78, 5) is 15.8. The summed E-state index contributed by atoms with van der Waals surface area (Å²) in [7, 11) is 0. The first kappa shape index (κ1) is 36.4. The van der Waals surface area contributed by atoms with Crippen molar-refractivity contribution in [3.05, 3.63) is 231 Å². The molecule has 294 valence electrons. The molecule has 12 rings (SSSR count). The molecule has 0 N–H and O–H groups in total. The third-order valence-electron chi connectivity index (χ3n) is 12.2. The fraction of sp³-hybridized carbons (Fsp3) is 0. The van der Waals surface area contributed by atoms with Crippen molar-refractivity contribution in [1.29, 1.82) is 0 Å². The molecule has 63 heavy (non-hydrogen) atoms. The van der Waals surface area contributed by atoms with Gasteiger partial charge >= 0.3 is 0 Å². The first-order chi connectivity index (χ1) is 31.2. The molecule has 0 amide bonds. The van der Waals surface area contributed by atoms with Gasteiger partial charge in [-0.3, -0.25) is 0 Å². The van der Waals surface area contributed by atoms with E-state index >= 15 is 0 Å². The second kappa shape index (κ2) is 15.2. The smallest absolute Gasteiger partial charge is 0.160 e. The molecule has 4 nitrogen and oxygen atoms in total. The lowest BCUT2D eigenvalue weighted by molar-refractivity contribution is 1.18. The number of nitrogens with zero attached hydrogens (tertiary/aromatic N) is 4. The predicted octanol–water partition coefficient (Wildman–Crippen LogP) is 15.3. The van der Waals surface area contributed by atoms with Crippen LogP contribution in [0.3, 0.4) is 0 Å². The lowest BCUT2D eigenvalue weighted by atomic mass is 9.95. The zero-order valence-corrected chi connectivity index (χ0v) is 34.2. The molecule has 0 saturated carbocycles. The van der Waals surface area contributed by atoms with Crippen LogP contribution in [0.2, 0.25) is 0 Å². The van der Waals surface area contributed by atoms with Crippen LogP contribution in [0.15, 0.2) is 231 Å². The lowest BCUT2D eigenvalue weighted by Gasteiger charge is -2.13. The molecule has 0 aliphatic heterocycles. The molecule has 3 heterocycles. The fourth-order valence-electron chi connectivity index (χ4n) is 9.15. The van der Waals surface area contributed by atoms with Gasteiger partial charge in [0.15, 0.2) is 5.82 Å². The topological polar surface area (TPSA) is 43.6 Å². The van der Waals surface area contributed by atoms with Crippen LogP contribution in [0.1, 0.15) is 0 Å². The highest BCUT2D eigenvalue weighted by molar-refractivity contribution is 6.29. The maximum Gasteiger partial charge on any atom is 0.160 e. The van der Waals surface area contributed by atoms with Crippen LogP contribution in [0, 0.1) is 0 Å². The van der Waals surface area contributed by atoms with Crippen molar-refractivity contribution in [2.45, 2.75) is 0 Å². The summed E-state index contributed by atoms with van der Waals surface area (Å²) in [6.07, 6.45) is 0. The monoisotopic (exact) mass is 802 g/mol. The summed E-state index contributed by atoms with van der Waals surface area (Å²) in [6, 6.07) is 81.4. The van der Waals surface area contributed by atoms with E-state index in [1.807, 2.05) is 12.1 Å². The maximum atomic E-state index is 5.36. The highest BCUT2D eigenvalue weighted by atomic mass is 15.0. The van der Waals surface area contributed by atoms with Crippen molar-refractivity contribution in [3.8, 4) is 73.1 Å². The normalized spacial score (nSPS) is 11.5. The van der Waals surface area contributed by atoms with Crippen LogP contribution in [0.25, 0.3) is 117 Å². The molecule has 0 saturated heterocycles. The van der Waals surface area contributed by atoms with Crippen molar-refractivity contribution in [2.24, 2.45) is 0 Å². The Morgan fingerprint density at radius 3 is 1.38 bits per heavy atom. The molecule has 0 aliphatic rings. The number of hydrogen-bond acceptors (Lipinski definition) is 3. The first-order valence-electron chi connectivity index (χ1n) is 21.4. The van der Waals surface area contributed by atoms with E-state index in [0.29, 0.717) is 5.82 Å². The molecule has 0 radical (unpaired) electrons. The Labute approximate surface area is 365 Å². The van der Waals surface area contributed by atoms with Crippen molar-refractivity contribution >= 4 is 43.5 Å². The number of benzene rings is 9. The first-order valence-corrected chi connectivity index (χ1v) is 21.4. The zero-order chi connectivity index (χ0) is 41.7. The van der Waals surface area contributed by atoms with Crippen LogP contribution in [0.5, 0.6) is 0 Å². The molecule has 0 aliphatic carbocycles. The average Bonchev–Trinajstić information content (AvgIpc) is 3.71. The largest absolute Gasteiger partial charge is 0.309 e. The average molecular weight is 803 g/mol. The minimum absolute atomic E-state index is 0.680. The standard InChI is InChI=1S/C59H38N4/c1-4-14-39(15-5-1)41-24-28-43(29-25-41)52-38-53(62-59(61-52)46-34-26-42(27-35-46)40-16-6-2-7-17-40)44-30-32-45(33-31-44)58-50-36-37-55-57(56(50)48-20-10-12-22-51(48)60-58)49-21-11-13-23-54(49)63(55)47-18-8-3-9-19-47/h1-38H. The second-order valence-electron chi connectivity index (χ2n) is 16.0. The van der Waals surface area contributed by atoms with Gasteiger partial charge in [-0.15, -0.1) is 0 Å². The maximum absolute atomic E-state index is 5.36. The number of para-hydroxylation sites is 3. The van der Waals surface area contributed by atoms with E-state index in [0.717, 1.165) is 66.9 Å². The molecule has 0 atom stereocenters. The Morgan fingerprint density at radius 1 is 0.286 bits per heavy atom. The summed E-state index contributed by atoms with van der Waals surface area (Å²) in [5.41, 5.74) is 15.9. The molecular weight excluding hydrogens is 765 g/mol. The summed E-state index contributed by atoms with van der Waals surface area (Å²) in [6.45, 7) is 0. The lowest BCUT2D eigenvalue weighted by Crippen LogP contribution is -1.96. The molecule has 0 spiro atoms. The Bertz CT molecular complexity index is 3520. The predicted molar refractivity (Wildman–Crippen MR) is 262 cm³/mol. The number of hydrogen-bond donors (Lipinski definition) is 0. The van der Waals surface area contributed by atoms with Gasteiger partial charge in [-0.1, -0.05) is 194 Å². The zero-order valence-electron chi connectivity index (χ0n) is 34.2. The quantitative estimate of drug-likeness (QED) is 0.151. The van der Waals surface area contributed by atoms with E-state index in [-0.39, 0.29) is 0 Å². The van der Waals surface area contributed by atoms with E-state index in [2.05, 4.69) is 223 Å². The van der Waals surface area contributed by atoms with E-state index < -0.39 is 0 Å². The third kappa shape index (κ3) is 6.44. The fourth-order valence-corrected chi connectivity index (χ4v) is 9.15. The number of fused-ring (bicyclic) bond motifs is 7. The number of rotatable bonds is 7. The summed E-state index contributed by atoms with van der Waals surface area (Å²) in [5.74, 6) is 0.680. The highest BCUT2D eigenvalue weighted by Crippen LogP contribution is 2.42. The molecule has 12 aromatic rings. The molecule has 3 aromatic heterocycles. The SMILES string of the molecule is c1ccc(-c2ccc(-c3cc(-c4ccc(-c5nc6ccccc6c6c5ccc5c6c6ccccc6n5-c5ccccc5)cc4)nc(-c4ccc(-c5ccccc5)cc4)n3)cc2)cc1. The molecular formula is C59H38N4. The van der Waals surface area contributed by atoms with E-state index in [4.69, 9.17) is 15.0 Å². The molecule has 0 fully saturated rings. The van der Waals surface area contributed by atoms with Crippen molar-refractivity contribution < 1.29 is 0 Å². The Balaban J connectivity index is 0.990. The van der Waals surface area contributed by atoms with Gasteiger partial charge in [-0.05, 0) is 58.7 Å². The van der Waals surface area contributed by atoms with Gasteiger partial charge in [0.1, 0.15) is 0 Å². The Hall–Kier alpha value is -8.47. The summed E-state index contributed by atoms with van der Waals surface area (Å²) < 4.78 is 2.38. The van der Waals surface area contributed by atoms with Crippen LogP contribution >= 0.6 is 0 Å². The Morgan fingerprint density at radius 2 is 0.762 bits per heavy atom. The van der Waals surface area contributed by atoms with E-state index in [1.54, 1.807) is 0 Å². The van der Waals surface area contributed by atoms with Gasteiger partial charge in [0.05, 0.1) is 33.6 Å². The van der Waals surface area contributed by atoms with Crippen LogP contribution in [-0.2, 0) is 0 Å². The summed E-state index contributed by atoms with van der Waals surface area (Å²) >= 11 is 0. The second-order valence-corrected chi connectivity index (χ2v) is 16.0. The van der Waals surface area contributed by atoms with Crippen LogP contribution in [-0.4, -0.2) is 19.5 Å². The Kier molecular flexibility index (Phi) is 8.79. The number of pyridine rings is 1. The van der Waals surface area contributed by atoms with E-state index in [1.165, 1.54) is 43.9 Å². The molecule has 0 unspecified atom stereocenters. The minimum Gasteiger partial charge on any atom is -0.309 e. The van der Waals surface area contributed by atoms with Gasteiger partial charge in [-0.25, -0.2) is 15.0 Å². The third-order valence-corrected chi connectivity index (χ3v) is 12.2. The molecule has 4 heteroatoms. The highest BCUT2D eigenvalue weighted by Gasteiger charge is 2.20. The molecule has 0 bridgehead atoms. The van der Waals surface area contributed by atoms with Crippen LogP contribution < -0.4 is 0 Å². The summed E-state index contributed by atoms with van der Waals surface area (Å²) in [5, 5.41) is 5.93. The van der Waals surface area contributed by atoms with Crippen molar-refractivity contribution in [1.82, 2.24) is 19.5 Å². The van der Waals surface area contributed by atoms with Gasteiger partial charge in [-0.2, -0.15) is 0 Å². The number of aromatic nitrogens is 4. The molecule has 9 aromatic carbocycles. The van der Waals surface area contributed by atoms with Gasteiger partial charge in [0.2, 0.25) is 0 Å². The van der Waals surface area contributed by atoms with Crippen LogP contribution in [0.4, 0.5) is 0 Å². The van der Waals surface area contributed by atoms with Crippen molar-refractivity contribution in [3.63, 3.8) is 0 Å². The van der Waals surface area contributed by atoms with E-state index in [9.17, 15) is 0 Å². The minimum atomic E-state index is 0.680. The van der Waals surface area contributed by atoms with Crippen molar-refractivity contribution in [2.75, 3.05) is 0 Å². The van der Waals surface area contributed by atoms with Gasteiger partial charge in [0, 0.05) is 54.9 Å².